The highest BCUT2D eigenvalue weighted by molar-refractivity contribution is 4.57. The second kappa shape index (κ2) is 29.0. The molecule has 28 heavy (non-hydrogen) atoms. The second-order valence-electron chi connectivity index (χ2n) is 7.66. The highest BCUT2D eigenvalue weighted by Crippen LogP contribution is 2.01. The van der Waals surface area contributed by atoms with E-state index in [0.717, 1.165) is 45.7 Å². The number of rotatable bonds is 16. The van der Waals surface area contributed by atoms with Gasteiger partial charge in [0.2, 0.25) is 0 Å². The zero-order chi connectivity index (χ0) is 22.0. The number of hydrogen-bond acceptors (Lipinski definition) is 5. The van der Waals surface area contributed by atoms with E-state index in [1.165, 1.54) is 58.2 Å². The summed E-state index contributed by atoms with van der Waals surface area (Å²) in [5.41, 5.74) is 10.6. The smallest absolute Gasteiger partial charge is 0.0104 e. The largest absolute Gasteiger partial charge is 0.330 e. The van der Waals surface area contributed by atoms with Crippen molar-refractivity contribution >= 4 is 0 Å². The third kappa shape index (κ3) is 30.5. The van der Waals surface area contributed by atoms with Crippen molar-refractivity contribution in [2.24, 2.45) is 11.5 Å². The van der Waals surface area contributed by atoms with Crippen LogP contribution in [0.4, 0.5) is 0 Å². The van der Waals surface area contributed by atoms with Gasteiger partial charge in [-0.2, -0.15) is 0 Å². The van der Waals surface area contributed by atoms with Gasteiger partial charge in [0, 0.05) is 13.1 Å². The maximum Gasteiger partial charge on any atom is 0.0104 e. The van der Waals surface area contributed by atoms with Gasteiger partial charge in [0.1, 0.15) is 0 Å². The molecule has 0 aromatic heterocycles. The minimum absolute atomic E-state index is 0.779. The van der Waals surface area contributed by atoms with Crippen LogP contribution in [0.2, 0.25) is 0 Å². The summed E-state index contributed by atoms with van der Waals surface area (Å²) < 4.78 is 0. The lowest BCUT2D eigenvalue weighted by Crippen LogP contribution is -2.28. The van der Waals surface area contributed by atoms with Crippen LogP contribution in [0.1, 0.15) is 79.6 Å². The van der Waals surface area contributed by atoms with Crippen molar-refractivity contribution in [2.45, 2.75) is 79.6 Å². The molecular formula is C23H57N5. The summed E-state index contributed by atoms with van der Waals surface area (Å²) in [6, 6.07) is 0. The Kier molecular flexibility index (Phi) is 33.6. The predicted molar refractivity (Wildman–Crippen MR) is 130 cm³/mol. The van der Waals surface area contributed by atoms with Crippen molar-refractivity contribution in [2.75, 3.05) is 73.0 Å². The Hall–Kier alpha value is -0.200. The molecule has 5 heteroatoms. The molecule has 0 radical (unpaired) electrons. The van der Waals surface area contributed by atoms with Crippen molar-refractivity contribution < 1.29 is 0 Å². The molecule has 0 amide bonds. The molecule has 0 heterocycles. The Morgan fingerprint density at radius 3 is 1.11 bits per heavy atom. The van der Waals surface area contributed by atoms with Crippen LogP contribution in [0.25, 0.3) is 0 Å². The Morgan fingerprint density at radius 1 is 0.500 bits per heavy atom. The molecule has 0 aromatic rings. The molecular weight excluding hydrogens is 346 g/mol. The molecule has 0 saturated carbocycles. The number of likely N-dealkylation sites (N-methyl/N-ethyl adjacent to an activating group) is 1. The van der Waals surface area contributed by atoms with Crippen molar-refractivity contribution in [1.82, 2.24) is 14.7 Å². The molecule has 0 rings (SSSR count). The molecule has 4 N–H and O–H groups in total. The molecule has 0 fully saturated rings. The van der Waals surface area contributed by atoms with Crippen molar-refractivity contribution in [3.8, 4) is 0 Å². The van der Waals surface area contributed by atoms with Crippen LogP contribution in [0, 0.1) is 0 Å². The van der Waals surface area contributed by atoms with Gasteiger partial charge in [-0.25, -0.2) is 0 Å². The monoisotopic (exact) mass is 403 g/mol. The standard InChI is InChI=1S/C12H27N.C6H16N2.C5H14N2/c1-4-7-10-13(11-8-5-2)12-9-6-3;1-3-8(4-2)6-5-7;1-7(2)5-3-4-6/h4-12H2,1-3H3;3-7H2,1-2H3;3-6H2,1-2H3. The van der Waals surface area contributed by atoms with Gasteiger partial charge in [-0.05, 0) is 85.6 Å². The first-order chi connectivity index (χ1) is 13.5. The first-order valence-electron chi connectivity index (χ1n) is 12.0. The van der Waals surface area contributed by atoms with Gasteiger partial charge in [-0.1, -0.05) is 53.9 Å². The Labute approximate surface area is 179 Å². The van der Waals surface area contributed by atoms with Crippen LogP contribution in [-0.2, 0) is 0 Å². The van der Waals surface area contributed by atoms with E-state index in [2.05, 4.69) is 63.4 Å². The molecule has 0 aliphatic heterocycles. The van der Waals surface area contributed by atoms with E-state index in [0.29, 0.717) is 0 Å². The Balaban J connectivity index is -0.000000359. The average Bonchev–Trinajstić information content (AvgIpc) is 2.70. The van der Waals surface area contributed by atoms with Crippen LogP contribution in [0.15, 0.2) is 0 Å². The number of nitrogens with two attached hydrogens (primary N) is 2. The number of unbranched alkanes of at least 4 members (excludes halogenated alkanes) is 3. The normalized spacial score (nSPS) is 10.7. The van der Waals surface area contributed by atoms with Gasteiger partial charge in [0.25, 0.3) is 0 Å². The molecule has 0 saturated heterocycles. The van der Waals surface area contributed by atoms with E-state index >= 15 is 0 Å². The zero-order valence-electron chi connectivity index (χ0n) is 20.8. The summed E-state index contributed by atoms with van der Waals surface area (Å²) in [4.78, 5) is 7.07. The summed E-state index contributed by atoms with van der Waals surface area (Å²) in [6.07, 6.45) is 9.19. The minimum Gasteiger partial charge on any atom is -0.330 e. The molecule has 0 atom stereocenters. The van der Waals surface area contributed by atoms with Crippen LogP contribution < -0.4 is 11.5 Å². The first kappa shape index (κ1) is 32.5. The fourth-order valence-corrected chi connectivity index (χ4v) is 2.61. The lowest BCUT2D eigenvalue weighted by atomic mass is 10.2. The van der Waals surface area contributed by atoms with E-state index in [-0.39, 0.29) is 0 Å². The fourth-order valence-electron chi connectivity index (χ4n) is 2.61. The van der Waals surface area contributed by atoms with Gasteiger partial charge < -0.3 is 26.2 Å². The van der Waals surface area contributed by atoms with Crippen LogP contribution in [0.3, 0.4) is 0 Å². The predicted octanol–water partition coefficient (Wildman–Crippen LogP) is 3.87. The van der Waals surface area contributed by atoms with Gasteiger partial charge in [-0.15, -0.1) is 0 Å². The molecule has 0 aliphatic rings. The van der Waals surface area contributed by atoms with Crippen molar-refractivity contribution in [3.63, 3.8) is 0 Å². The molecule has 0 spiro atoms. The summed E-state index contributed by atoms with van der Waals surface area (Å²) in [5, 5.41) is 0. The quantitative estimate of drug-likeness (QED) is 0.409. The molecule has 0 aliphatic carbocycles. The first-order valence-corrected chi connectivity index (χ1v) is 12.0. The average molecular weight is 404 g/mol. The SMILES string of the molecule is CCCCN(CCCC)CCCC.CCN(CC)CCN.CN(C)CCCN. The van der Waals surface area contributed by atoms with Crippen LogP contribution >= 0.6 is 0 Å². The topological polar surface area (TPSA) is 61.8 Å². The molecule has 0 aromatic carbocycles. The Morgan fingerprint density at radius 2 is 0.929 bits per heavy atom. The number of hydrogen-bond donors (Lipinski definition) is 2. The van der Waals surface area contributed by atoms with E-state index in [1.807, 2.05) is 0 Å². The van der Waals surface area contributed by atoms with Gasteiger partial charge in [-0.3, -0.25) is 0 Å². The van der Waals surface area contributed by atoms with E-state index in [1.54, 1.807) is 0 Å². The second-order valence-corrected chi connectivity index (χ2v) is 7.66. The minimum atomic E-state index is 0.779. The van der Waals surface area contributed by atoms with Gasteiger partial charge in [0.05, 0.1) is 0 Å². The van der Waals surface area contributed by atoms with Gasteiger partial charge in [0.15, 0.2) is 0 Å². The summed E-state index contributed by atoms with van der Waals surface area (Å²) in [5.74, 6) is 0. The maximum atomic E-state index is 5.34. The summed E-state index contributed by atoms with van der Waals surface area (Å²) in [7, 11) is 4.10. The molecule has 174 valence electrons. The summed E-state index contributed by atoms with van der Waals surface area (Å²) >= 11 is 0. The third-order valence-electron chi connectivity index (χ3n) is 4.63. The van der Waals surface area contributed by atoms with Gasteiger partial charge >= 0.3 is 0 Å². The van der Waals surface area contributed by atoms with E-state index < -0.39 is 0 Å². The van der Waals surface area contributed by atoms with Crippen molar-refractivity contribution in [1.29, 1.82) is 0 Å². The highest BCUT2D eigenvalue weighted by atomic mass is 15.1. The molecule has 0 unspecified atom stereocenters. The number of nitrogens with zero attached hydrogens (tertiary/aromatic N) is 3. The van der Waals surface area contributed by atoms with E-state index in [4.69, 9.17) is 11.5 Å². The lowest BCUT2D eigenvalue weighted by Gasteiger charge is -2.21. The molecule has 0 bridgehead atoms. The highest BCUT2D eigenvalue weighted by Gasteiger charge is 2.01. The van der Waals surface area contributed by atoms with Crippen LogP contribution in [-0.4, -0.2) is 87.7 Å². The Bertz CT molecular complexity index is 226. The maximum absolute atomic E-state index is 5.34. The zero-order valence-corrected chi connectivity index (χ0v) is 20.8. The third-order valence-corrected chi connectivity index (χ3v) is 4.63. The van der Waals surface area contributed by atoms with Crippen molar-refractivity contribution in [3.05, 3.63) is 0 Å². The fraction of sp³-hybridized carbons (Fsp3) is 1.00. The molecule has 5 nitrogen and oxygen atoms in total. The lowest BCUT2D eigenvalue weighted by molar-refractivity contribution is 0.261. The summed E-state index contributed by atoms with van der Waals surface area (Å²) in [6.45, 7) is 21.0. The van der Waals surface area contributed by atoms with E-state index in [9.17, 15) is 0 Å². The van der Waals surface area contributed by atoms with Crippen LogP contribution in [0.5, 0.6) is 0 Å².